The lowest BCUT2D eigenvalue weighted by Crippen LogP contribution is -2.48. The van der Waals surface area contributed by atoms with Gasteiger partial charge in [-0.15, -0.1) is 0 Å². The molecule has 136 valence electrons. The van der Waals surface area contributed by atoms with Crippen molar-refractivity contribution in [3.8, 4) is 0 Å². The van der Waals surface area contributed by atoms with Crippen LogP contribution in [0.1, 0.15) is 45.0 Å². The topological polar surface area (TPSA) is 80.5 Å². The predicted octanol–water partition coefficient (Wildman–Crippen LogP) is 2.37. The van der Waals surface area contributed by atoms with Gasteiger partial charge in [-0.05, 0) is 55.0 Å². The Morgan fingerprint density at radius 2 is 1.92 bits per heavy atom. The fourth-order valence-corrected chi connectivity index (χ4v) is 4.87. The summed E-state index contributed by atoms with van der Waals surface area (Å²) in [6, 6.07) is 11.6. The lowest BCUT2D eigenvalue weighted by atomic mass is 9.90. The van der Waals surface area contributed by atoms with Crippen molar-refractivity contribution < 1.29 is 13.2 Å². The van der Waals surface area contributed by atoms with Crippen LogP contribution in [0.4, 0.5) is 0 Å². The van der Waals surface area contributed by atoms with E-state index in [1.165, 1.54) is 17.2 Å². The van der Waals surface area contributed by atoms with E-state index in [2.05, 4.69) is 25.1 Å². The van der Waals surface area contributed by atoms with E-state index in [1.807, 2.05) is 12.1 Å². The van der Waals surface area contributed by atoms with Crippen molar-refractivity contribution in [1.29, 1.82) is 0 Å². The van der Waals surface area contributed by atoms with Gasteiger partial charge in [0.25, 0.3) is 5.91 Å². The Labute approximate surface area is 153 Å². The first-order chi connectivity index (χ1) is 12.3. The summed E-state index contributed by atoms with van der Waals surface area (Å²) in [5, 5.41) is 5.38. The molecule has 1 heterocycles. The minimum atomic E-state index is -3.83. The third-order valence-corrected chi connectivity index (χ3v) is 6.39. The number of sulfonamides is 1. The smallest absolute Gasteiger partial charge is 0.253 e. The fourth-order valence-electron chi connectivity index (χ4n) is 4.00. The molecule has 0 aromatic heterocycles. The van der Waals surface area contributed by atoms with Crippen LogP contribution >= 0.6 is 0 Å². The molecule has 1 aliphatic heterocycles. The summed E-state index contributed by atoms with van der Waals surface area (Å²) < 4.78 is 23.9. The summed E-state index contributed by atoms with van der Waals surface area (Å²) in [6.07, 6.45) is 2.40. The van der Waals surface area contributed by atoms with Gasteiger partial charge in [0, 0.05) is 24.6 Å². The largest absolute Gasteiger partial charge is 0.337 e. The highest BCUT2D eigenvalue weighted by atomic mass is 32.2. The van der Waals surface area contributed by atoms with Crippen molar-refractivity contribution in [3.63, 3.8) is 0 Å². The molecule has 2 aliphatic rings. The van der Waals surface area contributed by atoms with Crippen LogP contribution in [-0.2, 0) is 22.9 Å². The molecule has 0 bridgehead atoms. The summed E-state index contributed by atoms with van der Waals surface area (Å²) in [5.41, 5.74) is 4.61. The molecule has 2 aromatic carbocycles. The molecule has 4 rings (SSSR count). The Balaban J connectivity index is 1.57. The standard InChI is InChI=1S/C20H22N2O3S/c1-13-4-2-5-14(8-13)17-11-22(12-17)20(23)16-9-15-6-3-7-18(15)19(10-16)26(21,24)25/h2,4-5,8-10,17H,3,6-7,11-12H2,1H3,(H2,21,24,25). The maximum absolute atomic E-state index is 12.8. The average Bonchev–Trinajstić information content (AvgIpc) is 2.99. The number of primary sulfonamides is 1. The van der Waals surface area contributed by atoms with Crippen LogP contribution in [0.25, 0.3) is 0 Å². The highest BCUT2D eigenvalue weighted by Gasteiger charge is 2.33. The number of nitrogens with zero attached hydrogens (tertiary/aromatic N) is 1. The molecule has 0 spiro atoms. The molecule has 26 heavy (non-hydrogen) atoms. The van der Waals surface area contributed by atoms with E-state index in [-0.39, 0.29) is 10.8 Å². The Morgan fingerprint density at radius 1 is 1.15 bits per heavy atom. The van der Waals surface area contributed by atoms with Crippen molar-refractivity contribution in [3.05, 3.63) is 64.2 Å². The zero-order valence-electron chi connectivity index (χ0n) is 14.7. The number of aryl methyl sites for hydroxylation is 2. The molecule has 1 fully saturated rings. The van der Waals surface area contributed by atoms with Gasteiger partial charge >= 0.3 is 0 Å². The van der Waals surface area contributed by atoms with Crippen molar-refractivity contribution >= 4 is 15.9 Å². The van der Waals surface area contributed by atoms with E-state index in [1.54, 1.807) is 4.90 Å². The molecule has 0 unspecified atom stereocenters. The van der Waals surface area contributed by atoms with Gasteiger partial charge in [0.05, 0.1) is 4.90 Å². The highest BCUT2D eigenvalue weighted by Crippen LogP contribution is 2.32. The van der Waals surface area contributed by atoms with E-state index < -0.39 is 10.0 Å². The first kappa shape index (κ1) is 17.2. The van der Waals surface area contributed by atoms with Crippen LogP contribution in [0.3, 0.4) is 0 Å². The van der Waals surface area contributed by atoms with Gasteiger partial charge < -0.3 is 4.90 Å². The highest BCUT2D eigenvalue weighted by molar-refractivity contribution is 7.89. The van der Waals surface area contributed by atoms with E-state index in [0.29, 0.717) is 31.0 Å². The SMILES string of the molecule is Cc1cccc(C2CN(C(=O)c3cc4c(c(S(N)(=O)=O)c3)CCC4)C2)c1. The number of carbonyl (C=O) groups is 1. The van der Waals surface area contributed by atoms with Gasteiger partial charge in [0.1, 0.15) is 0 Å². The minimum absolute atomic E-state index is 0.117. The molecule has 0 saturated carbocycles. The van der Waals surface area contributed by atoms with E-state index >= 15 is 0 Å². The lowest BCUT2D eigenvalue weighted by Gasteiger charge is -2.40. The van der Waals surface area contributed by atoms with Gasteiger partial charge in [0.2, 0.25) is 10.0 Å². The summed E-state index contributed by atoms with van der Waals surface area (Å²) in [7, 11) is -3.83. The molecular formula is C20H22N2O3S. The number of hydrogen-bond acceptors (Lipinski definition) is 3. The first-order valence-corrected chi connectivity index (χ1v) is 10.4. The molecular weight excluding hydrogens is 348 g/mol. The zero-order valence-corrected chi connectivity index (χ0v) is 15.6. The molecule has 6 heteroatoms. The molecule has 1 saturated heterocycles. The third kappa shape index (κ3) is 3.04. The van der Waals surface area contributed by atoms with Crippen molar-refractivity contribution in [2.45, 2.75) is 37.0 Å². The normalized spacial score (nSPS) is 17.1. The van der Waals surface area contributed by atoms with Gasteiger partial charge in [-0.25, -0.2) is 13.6 Å². The van der Waals surface area contributed by atoms with Crippen LogP contribution in [0.15, 0.2) is 41.3 Å². The van der Waals surface area contributed by atoms with Crippen LogP contribution in [0.5, 0.6) is 0 Å². The van der Waals surface area contributed by atoms with E-state index in [4.69, 9.17) is 5.14 Å². The molecule has 0 atom stereocenters. The van der Waals surface area contributed by atoms with Gasteiger partial charge in [-0.2, -0.15) is 0 Å². The maximum atomic E-state index is 12.8. The number of nitrogens with two attached hydrogens (primary N) is 1. The molecule has 5 nitrogen and oxygen atoms in total. The summed E-state index contributed by atoms with van der Waals surface area (Å²) in [4.78, 5) is 14.7. The van der Waals surface area contributed by atoms with Crippen LogP contribution in [-0.4, -0.2) is 32.3 Å². The lowest BCUT2D eigenvalue weighted by molar-refractivity contribution is 0.0602. The van der Waals surface area contributed by atoms with Crippen molar-refractivity contribution in [1.82, 2.24) is 4.90 Å². The van der Waals surface area contributed by atoms with Crippen LogP contribution in [0.2, 0.25) is 0 Å². The molecule has 1 aliphatic carbocycles. The minimum Gasteiger partial charge on any atom is -0.337 e. The second-order valence-corrected chi connectivity index (χ2v) is 8.86. The van der Waals surface area contributed by atoms with E-state index in [0.717, 1.165) is 24.0 Å². The Kier molecular flexibility index (Phi) is 4.12. The zero-order chi connectivity index (χ0) is 18.5. The summed E-state index contributed by atoms with van der Waals surface area (Å²) in [6.45, 7) is 3.37. The molecule has 1 amide bonds. The quantitative estimate of drug-likeness (QED) is 0.901. The fraction of sp³-hybridized carbons (Fsp3) is 0.350. The monoisotopic (exact) mass is 370 g/mol. The van der Waals surface area contributed by atoms with Crippen molar-refractivity contribution in [2.24, 2.45) is 5.14 Å². The third-order valence-electron chi connectivity index (χ3n) is 5.41. The molecule has 0 radical (unpaired) electrons. The molecule has 2 aromatic rings. The van der Waals surface area contributed by atoms with Gasteiger partial charge in [-0.3, -0.25) is 4.79 Å². The average molecular weight is 370 g/mol. The summed E-state index contributed by atoms with van der Waals surface area (Å²) in [5.74, 6) is 0.222. The van der Waals surface area contributed by atoms with Gasteiger partial charge in [-0.1, -0.05) is 29.8 Å². The number of benzene rings is 2. The van der Waals surface area contributed by atoms with Crippen LogP contribution < -0.4 is 5.14 Å². The number of amides is 1. The second-order valence-electron chi connectivity index (χ2n) is 7.33. The first-order valence-electron chi connectivity index (χ1n) is 8.87. The Morgan fingerprint density at radius 3 is 2.62 bits per heavy atom. The Bertz CT molecular complexity index is 992. The van der Waals surface area contributed by atoms with Crippen LogP contribution in [0, 0.1) is 6.92 Å². The number of hydrogen-bond donors (Lipinski definition) is 1. The molecule has 2 N–H and O–H groups in total. The van der Waals surface area contributed by atoms with E-state index in [9.17, 15) is 13.2 Å². The number of carbonyl (C=O) groups excluding carboxylic acids is 1. The second kappa shape index (κ2) is 6.21. The summed E-state index contributed by atoms with van der Waals surface area (Å²) >= 11 is 0. The van der Waals surface area contributed by atoms with Gasteiger partial charge in [0.15, 0.2) is 0 Å². The number of fused-ring (bicyclic) bond motifs is 1. The predicted molar refractivity (Wildman–Crippen MR) is 99.7 cm³/mol. The number of rotatable bonds is 3. The van der Waals surface area contributed by atoms with Crippen molar-refractivity contribution in [2.75, 3.05) is 13.1 Å². The number of likely N-dealkylation sites (tertiary alicyclic amines) is 1. The Hall–Kier alpha value is -2.18. The maximum Gasteiger partial charge on any atom is 0.253 e.